The number of para-hydroxylation sites is 2. The Morgan fingerprint density at radius 3 is 2.57 bits per heavy atom. The van der Waals surface area contributed by atoms with Gasteiger partial charge in [0.1, 0.15) is 17.8 Å². The van der Waals surface area contributed by atoms with Crippen LogP contribution in [0.3, 0.4) is 0 Å². The van der Waals surface area contributed by atoms with E-state index >= 15 is 0 Å². The molecule has 0 fully saturated rings. The number of carbonyl (C=O) groups excluding carboxylic acids is 1. The number of carbonyl (C=O) groups is 1. The monoisotopic (exact) mass is 500 g/mol. The molecule has 0 unspecified atom stereocenters. The summed E-state index contributed by atoms with van der Waals surface area (Å²) in [5, 5.41) is 24.6. The van der Waals surface area contributed by atoms with Crippen molar-refractivity contribution in [1.29, 1.82) is 0 Å². The molecule has 10 nitrogen and oxygen atoms in total. The van der Waals surface area contributed by atoms with Gasteiger partial charge < -0.3 is 20.3 Å². The SMILES string of the molecule is Cc1nnc2c(NCCCCNC(=O)[C@@H](O)C(C)C)nc3cc(-c4nc5ccccc5n4C)ccc3n12. The summed E-state index contributed by atoms with van der Waals surface area (Å²) in [5.74, 6) is 1.90. The molecule has 192 valence electrons. The largest absolute Gasteiger partial charge is 0.383 e. The van der Waals surface area contributed by atoms with Gasteiger partial charge in [-0.3, -0.25) is 9.20 Å². The van der Waals surface area contributed by atoms with Gasteiger partial charge in [-0.25, -0.2) is 9.97 Å². The summed E-state index contributed by atoms with van der Waals surface area (Å²) in [6.07, 6.45) is 0.617. The maximum Gasteiger partial charge on any atom is 0.249 e. The number of hydrogen-bond acceptors (Lipinski definition) is 7. The topological polar surface area (TPSA) is 122 Å². The molecule has 1 amide bonds. The zero-order chi connectivity index (χ0) is 26.1. The summed E-state index contributed by atoms with van der Waals surface area (Å²) >= 11 is 0. The van der Waals surface area contributed by atoms with Gasteiger partial charge in [0.2, 0.25) is 11.6 Å². The van der Waals surface area contributed by atoms with Crippen molar-refractivity contribution in [3.05, 3.63) is 48.3 Å². The van der Waals surface area contributed by atoms with Crippen LogP contribution in [0, 0.1) is 12.8 Å². The predicted molar refractivity (Wildman–Crippen MR) is 144 cm³/mol. The number of rotatable bonds is 9. The van der Waals surface area contributed by atoms with Gasteiger partial charge in [0.25, 0.3) is 0 Å². The molecule has 0 aliphatic carbocycles. The first-order chi connectivity index (χ1) is 17.8. The van der Waals surface area contributed by atoms with Crippen LogP contribution in [-0.4, -0.2) is 59.3 Å². The zero-order valence-corrected chi connectivity index (χ0v) is 21.6. The first-order valence-corrected chi connectivity index (χ1v) is 12.6. The van der Waals surface area contributed by atoms with Gasteiger partial charge in [0.05, 0.1) is 22.1 Å². The van der Waals surface area contributed by atoms with Gasteiger partial charge in [0.15, 0.2) is 5.82 Å². The molecular formula is C27H32N8O2. The number of aromatic nitrogens is 6. The normalized spacial score (nSPS) is 12.6. The zero-order valence-electron chi connectivity index (χ0n) is 21.6. The second-order valence-corrected chi connectivity index (χ2v) is 9.67. The average Bonchev–Trinajstić information content (AvgIpc) is 3.45. The summed E-state index contributed by atoms with van der Waals surface area (Å²) in [7, 11) is 2.02. The van der Waals surface area contributed by atoms with Crippen LogP contribution in [0.5, 0.6) is 0 Å². The Bertz CT molecular complexity index is 1590. The Labute approximate surface area is 214 Å². The van der Waals surface area contributed by atoms with Crippen LogP contribution in [0.15, 0.2) is 42.5 Å². The molecule has 5 aromatic rings. The van der Waals surface area contributed by atoms with E-state index in [0.717, 1.165) is 52.1 Å². The van der Waals surface area contributed by atoms with E-state index in [-0.39, 0.29) is 11.8 Å². The molecule has 0 saturated carbocycles. The molecule has 0 radical (unpaired) electrons. The quantitative estimate of drug-likeness (QED) is 0.265. The summed E-state index contributed by atoms with van der Waals surface area (Å²) in [5.41, 5.74) is 5.43. The van der Waals surface area contributed by atoms with Crippen molar-refractivity contribution in [1.82, 2.24) is 34.4 Å². The van der Waals surface area contributed by atoms with Crippen LogP contribution in [0.4, 0.5) is 5.82 Å². The number of nitrogens with zero attached hydrogens (tertiary/aromatic N) is 6. The lowest BCUT2D eigenvalue weighted by Gasteiger charge is -2.14. The van der Waals surface area contributed by atoms with Crippen LogP contribution in [-0.2, 0) is 11.8 Å². The van der Waals surface area contributed by atoms with E-state index in [9.17, 15) is 9.90 Å². The highest BCUT2D eigenvalue weighted by molar-refractivity contribution is 5.88. The molecule has 3 aromatic heterocycles. The molecule has 1 atom stereocenters. The van der Waals surface area contributed by atoms with E-state index in [0.29, 0.717) is 24.6 Å². The third-order valence-electron chi connectivity index (χ3n) is 6.63. The van der Waals surface area contributed by atoms with Crippen molar-refractivity contribution in [3.8, 4) is 11.4 Å². The molecular weight excluding hydrogens is 468 g/mol. The van der Waals surface area contributed by atoms with Gasteiger partial charge in [0, 0.05) is 25.7 Å². The molecule has 2 aromatic carbocycles. The fourth-order valence-corrected chi connectivity index (χ4v) is 4.51. The Kier molecular flexibility index (Phi) is 6.75. The second kappa shape index (κ2) is 10.1. The number of unbranched alkanes of at least 4 members (excludes halogenated alkanes) is 1. The first kappa shape index (κ1) is 24.6. The number of imidazole rings is 1. The number of nitrogens with one attached hydrogen (secondary N) is 2. The van der Waals surface area contributed by atoms with Crippen molar-refractivity contribution >= 4 is 39.4 Å². The number of aliphatic hydroxyl groups is 1. The average molecular weight is 501 g/mol. The molecule has 0 spiro atoms. The minimum atomic E-state index is -0.974. The Hall–Kier alpha value is -4.05. The highest BCUT2D eigenvalue weighted by Crippen LogP contribution is 2.28. The Morgan fingerprint density at radius 1 is 1.00 bits per heavy atom. The second-order valence-electron chi connectivity index (χ2n) is 9.67. The number of aryl methyl sites for hydroxylation is 2. The summed E-state index contributed by atoms with van der Waals surface area (Å²) in [6, 6.07) is 14.2. The van der Waals surface area contributed by atoms with Crippen molar-refractivity contribution < 1.29 is 9.90 Å². The Morgan fingerprint density at radius 2 is 1.78 bits per heavy atom. The molecule has 5 rings (SSSR count). The van der Waals surface area contributed by atoms with E-state index in [2.05, 4.69) is 43.6 Å². The van der Waals surface area contributed by atoms with Crippen LogP contribution in [0.25, 0.3) is 39.1 Å². The van der Waals surface area contributed by atoms with Crippen molar-refractivity contribution in [3.63, 3.8) is 0 Å². The number of anilines is 1. The predicted octanol–water partition coefficient (Wildman–Crippen LogP) is 3.46. The van der Waals surface area contributed by atoms with Crippen LogP contribution in [0.1, 0.15) is 32.5 Å². The fourth-order valence-electron chi connectivity index (χ4n) is 4.51. The number of aliphatic hydroxyl groups excluding tert-OH is 1. The van der Waals surface area contributed by atoms with Gasteiger partial charge >= 0.3 is 0 Å². The van der Waals surface area contributed by atoms with Crippen LogP contribution >= 0.6 is 0 Å². The lowest BCUT2D eigenvalue weighted by molar-refractivity contribution is -0.131. The number of fused-ring (bicyclic) bond motifs is 4. The van der Waals surface area contributed by atoms with Crippen molar-refractivity contribution in [2.24, 2.45) is 13.0 Å². The molecule has 37 heavy (non-hydrogen) atoms. The lowest BCUT2D eigenvalue weighted by atomic mass is 10.1. The summed E-state index contributed by atoms with van der Waals surface area (Å²) in [6.45, 7) is 6.73. The molecule has 3 heterocycles. The minimum absolute atomic E-state index is 0.105. The maximum atomic E-state index is 11.9. The summed E-state index contributed by atoms with van der Waals surface area (Å²) in [4.78, 5) is 21.6. The van der Waals surface area contributed by atoms with Gasteiger partial charge in [-0.2, -0.15) is 0 Å². The van der Waals surface area contributed by atoms with Crippen LogP contribution in [0.2, 0.25) is 0 Å². The van der Waals surface area contributed by atoms with E-state index in [1.165, 1.54) is 0 Å². The highest BCUT2D eigenvalue weighted by Gasteiger charge is 2.18. The minimum Gasteiger partial charge on any atom is -0.383 e. The van der Waals surface area contributed by atoms with Crippen LogP contribution < -0.4 is 10.6 Å². The van der Waals surface area contributed by atoms with E-state index in [1.807, 2.05) is 56.5 Å². The lowest BCUT2D eigenvalue weighted by Crippen LogP contribution is -2.38. The van der Waals surface area contributed by atoms with E-state index in [1.54, 1.807) is 0 Å². The highest BCUT2D eigenvalue weighted by atomic mass is 16.3. The van der Waals surface area contributed by atoms with Gasteiger partial charge in [-0.1, -0.05) is 26.0 Å². The fraction of sp³-hybridized carbons (Fsp3) is 0.370. The first-order valence-electron chi connectivity index (χ1n) is 12.6. The summed E-state index contributed by atoms with van der Waals surface area (Å²) < 4.78 is 4.11. The smallest absolute Gasteiger partial charge is 0.249 e. The van der Waals surface area contributed by atoms with E-state index in [4.69, 9.17) is 9.97 Å². The molecule has 0 aliphatic heterocycles. The number of hydrogen-bond donors (Lipinski definition) is 3. The third kappa shape index (κ3) is 4.72. The third-order valence-corrected chi connectivity index (χ3v) is 6.63. The molecule has 3 N–H and O–H groups in total. The van der Waals surface area contributed by atoms with Crippen molar-refractivity contribution in [2.45, 2.75) is 39.7 Å². The van der Waals surface area contributed by atoms with Gasteiger partial charge in [-0.05, 0) is 56.0 Å². The number of benzene rings is 2. The molecule has 0 bridgehead atoms. The van der Waals surface area contributed by atoms with E-state index < -0.39 is 6.10 Å². The molecule has 0 aliphatic rings. The standard InChI is InChI=1S/C27H32N8O2/c1-16(2)23(36)27(37)29-14-8-7-13-28-24-26-33-32-17(3)35(26)22-12-11-18(15-20(22)30-24)25-31-19-9-5-6-10-21(19)34(25)4/h5-6,9-12,15-16,23,36H,7-8,13-14H2,1-4H3,(H,28,30)(H,29,37)/t23-/m0/s1. The maximum absolute atomic E-state index is 11.9. The Balaban J connectivity index is 1.36. The number of amides is 1. The molecule has 10 heteroatoms. The van der Waals surface area contributed by atoms with Crippen molar-refractivity contribution in [2.75, 3.05) is 18.4 Å². The van der Waals surface area contributed by atoms with Gasteiger partial charge in [-0.15, -0.1) is 10.2 Å². The molecule has 0 saturated heterocycles.